The van der Waals surface area contributed by atoms with Gasteiger partial charge >= 0.3 is 6.03 Å². The van der Waals surface area contributed by atoms with Crippen LogP contribution in [0.25, 0.3) is 10.9 Å². The first-order valence-electron chi connectivity index (χ1n) is 12.4. The van der Waals surface area contributed by atoms with Crippen molar-refractivity contribution < 1.29 is 9.59 Å². The van der Waals surface area contributed by atoms with Gasteiger partial charge in [-0.3, -0.25) is 9.69 Å². The van der Waals surface area contributed by atoms with Crippen LogP contribution in [0, 0.1) is 0 Å². The van der Waals surface area contributed by atoms with Gasteiger partial charge in [0.15, 0.2) is 0 Å². The molecule has 0 saturated carbocycles. The Balaban J connectivity index is 1.14. The van der Waals surface area contributed by atoms with E-state index in [4.69, 9.17) is 0 Å². The van der Waals surface area contributed by atoms with Crippen LogP contribution < -0.4 is 15.5 Å². The van der Waals surface area contributed by atoms with Crippen molar-refractivity contribution in [1.29, 1.82) is 0 Å². The van der Waals surface area contributed by atoms with Crippen molar-refractivity contribution in [3.63, 3.8) is 0 Å². The van der Waals surface area contributed by atoms with E-state index in [9.17, 15) is 9.59 Å². The van der Waals surface area contributed by atoms with Crippen LogP contribution in [0.4, 0.5) is 21.9 Å². The van der Waals surface area contributed by atoms with Crippen LogP contribution in [0.3, 0.4) is 0 Å². The molecule has 6 nitrogen and oxygen atoms in total. The topological polar surface area (TPSA) is 77.2 Å². The predicted octanol–water partition coefficient (Wildman–Crippen LogP) is 7.29. The maximum Gasteiger partial charge on any atom is 0.326 e. The summed E-state index contributed by atoms with van der Waals surface area (Å²) in [6.07, 6.45) is 10.1. The van der Waals surface area contributed by atoms with Gasteiger partial charge in [0.2, 0.25) is 5.91 Å². The number of nitrogens with zero attached hydrogens (tertiary/aromatic N) is 1. The van der Waals surface area contributed by atoms with Crippen LogP contribution >= 0.6 is 23.5 Å². The molecule has 3 unspecified atom stereocenters. The highest BCUT2D eigenvalue weighted by atomic mass is 32.2. The predicted molar refractivity (Wildman–Crippen MR) is 158 cm³/mol. The van der Waals surface area contributed by atoms with Crippen molar-refractivity contribution in [2.45, 2.75) is 33.3 Å². The Bertz CT molecular complexity index is 1580. The van der Waals surface area contributed by atoms with Gasteiger partial charge in [-0.2, -0.15) is 0 Å². The third kappa shape index (κ3) is 4.97. The number of para-hydroxylation sites is 1. The number of carbonyl (C=O) groups excluding carboxylic acids is 2. The zero-order valence-electron chi connectivity index (χ0n) is 20.6. The van der Waals surface area contributed by atoms with Crippen molar-refractivity contribution in [3.8, 4) is 0 Å². The standard InChI is InChI=1S/C30H26N4O2S2/c1-19(29(35)32-22-14-13-20-15-16-31-24(20)18-22)37-23-8-6-7-21(17-23)33-30(36)34-25-9-2-4-11-27(25)38-28-12-5-3-10-26(28)34/h2-19,25,27,31H,1H3,(H,32,35)(H,33,36). The lowest BCUT2D eigenvalue weighted by Gasteiger charge is -2.40. The second-order valence-corrected chi connectivity index (χ2v) is 11.8. The van der Waals surface area contributed by atoms with Crippen LogP contribution in [0.2, 0.25) is 0 Å². The van der Waals surface area contributed by atoms with Gasteiger partial charge in [0.05, 0.1) is 22.2 Å². The Labute approximate surface area is 229 Å². The van der Waals surface area contributed by atoms with E-state index in [2.05, 4.69) is 33.8 Å². The maximum atomic E-state index is 13.6. The number of benzene rings is 3. The fraction of sp³-hybridized carbons (Fsp3) is 0.133. The first kappa shape index (κ1) is 24.5. The van der Waals surface area contributed by atoms with Gasteiger partial charge in [-0.1, -0.05) is 48.6 Å². The van der Waals surface area contributed by atoms with Crippen LogP contribution in [0.15, 0.2) is 113 Å². The summed E-state index contributed by atoms with van der Waals surface area (Å²) in [6, 6.07) is 23.2. The molecule has 1 aromatic heterocycles. The Morgan fingerprint density at radius 1 is 0.947 bits per heavy atom. The summed E-state index contributed by atoms with van der Waals surface area (Å²) in [6.45, 7) is 1.88. The summed E-state index contributed by atoms with van der Waals surface area (Å²) in [7, 11) is 0. The maximum absolute atomic E-state index is 13.6. The molecule has 3 atom stereocenters. The molecular formula is C30H26N4O2S2. The summed E-state index contributed by atoms with van der Waals surface area (Å²) in [5, 5.41) is 7.02. The minimum atomic E-state index is -0.328. The minimum absolute atomic E-state index is 0.0635. The van der Waals surface area contributed by atoms with E-state index < -0.39 is 0 Å². The lowest BCUT2D eigenvalue weighted by atomic mass is 10.1. The van der Waals surface area contributed by atoms with Gasteiger partial charge in [-0.15, -0.1) is 23.5 Å². The number of rotatable bonds is 5. The van der Waals surface area contributed by atoms with E-state index in [0.29, 0.717) is 5.69 Å². The summed E-state index contributed by atoms with van der Waals surface area (Å²) >= 11 is 3.23. The third-order valence-corrected chi connectivity index (χ3v) is 8.95. The molecule has 0 spiro atoms. The zero-order chi connectivity index (χ0) is 26.1. The highest BCUT2D eigenvalue weighted by Crippen LogP contribution is 2.43. The number of allylic oxidation sites excluding steroid dienone is 2. The normalized spacial score (nSPS) is 18.5. The zero-order valence-corrected chi connectivity index (χ0v) is 22.3. The largest absolute Gasteiger partial charge is 0.361 e. The van der Waals surface area contributed by atoms with E-state index >= 15 is 0 Å². The molecule has 3 amide bonds. The lowest BCUT2D eigenvalue weighted by Crippen LogP contribution is -2.49. The Kier molecular flexibility index (Phi) is 6.74. The van der Waals surface area contributed by atoms with Gasteiger partial charge in [-0.25, -0.2) is 4.79 Å². The highest BCUT2D eigenvalue weighted by molar-refractivity contribution is 8.00. The quantitative estimate of drug-likeness (QED) is 0.233. The molecule has 0 saturated heterocycles. The monoisotopic (exact) mass is 538 g/mol. The molecule has 8 heteroatoms. The van der Waals surface area contributed by atoms with E-state index in [-0.39, 0.29) is 28.5 Å². The number of aromatic nitrogens is 1. The molecule has 3 aromatic carbocycles. The van der Waals surface area contributed by atoms with Crippen LogP contribution in [-0.4, -0.2) is 33.5 Å². The summed E-state index contributed by atoms with van der Waals surface area (Å²) in [5.74, 6) is -0.0825. The third-order valence-electron chi connectivity index (χ3n) is 6.55. The summed E-state index contributed by atoms with van der Waals surface area (Å²) in [5.41, 5.74) is 3.33. The number of fused-ring (bicyclic) bond motifs is 3. The number of aromatic amines is 1. The number of anilines is 3. The van der Waals surface area contributed by atoms with Gasteiger partial charge < -0.3 is 15.6 Å². The number of carbonyl (C=O) groups is 2. The molecule has 0 bridgehead atoms. The molecule has 1 aliphatic heterocycles. The SMILES string of the molecule is CC(Sc1cccc(NC(=O)N2c3ccccc3SC3C=CC=CC32)c1)C(=O)Nc1ccc2cc[nH]c2c1. The first-order chi connectivity index (χ1) is 18.5. The Hall–Kier alpha value is -3.88. The fourth-order valence-electron chi connectivity index (χ4n) is 4.68. The van der Waals surface area contributed by atoms with Gasteiger partial charge in [0, 0.05) is 32.9 Å². The van der Waals surface area contributed by atoms with Crippen LogP contribution in [0.1, 0.15) is 6.92 Å². The number of nitrogens with one attached hydrogen (secondary N) is 3. The molecule has 2 heterocycles. The molecule has 4 aromatic rings. The Morgan fingerprint density at radius 2 is 1.79 bits per heavy atom. The van der Waals surface area contributed by atoms with Crippen molar-refractivity contribution in [2.24, 2.45) is 0 Å². The number of urea groups is 1. The molecule has 2 aliphatic rings. The van der Waals surface area contributed by atoms with Gasteiger partial charge in [-0.05, 0) is 60.8 Å². The van der Waals surface area contributed by atoms with E-state index in [1.54, 1.807) is 11.8 Å². The van der Waals surface area contributed by atoms with E-state index in [0.717, 1.165) is 32.1 Å². The number of hydrogen-bond acceptors (Lipinski definition) is 4. The molecule has 3 N–H and O–H groups in total. The molecule has 0 radical (unpaired) electrons. The van der Waals surface area contributed by atoms with Crippen molar-refractivity contribution in [1.82, 2.24) is 4.98 Å². The number of H-pyrrole nitrogens is 1. The average molecular weight is 539 g/mol. The second kappa shape index (κ2) is 10.5. The van der Waals surface area contributed by atoms with E-state index in [1.165, 1.54) is 11.8 Å². The molecule has 6 rings (SSSR count). The van der Waals surface area contributed by atoms with Crippen molar-refractivity contribution in [3.05, 3.63) is 103 Å². The van der Waals surface area contributed by atoms with E-state index in [1.807, 2.05) is 96.9 Å². The van der Waals surface area contributed by atoms with Crippen LogP contribution in [0.5, 0.6) is 0 Å². The highest BCUT2D eigenvalue weighted by Gasteiger charge is 2.36. The van der Waals surface area contributed by atoms with Gasteiger partial charge in [0.1, 0.15) is 0 Å². The summed E-state index contributed by atoms with van der Waals surface area (Å²) in [4.78, 5) is 33.5. The van der Waals surface area contributed by atoms with Crippen LogP contribution in [-0.2, 0) is 4.79 Å². The fourth-order valence-corrected chi connectivity index (χ4v) is 6.87. The molecular weight excluding hydrogens is 512 g/mol. The molecule has 1 aliphatic carbocycles. The second-order valence-electron chi connectivity index (χ2n) is 9.17. The van der Waals surface area contributed by atoms with Crippen molar-refractivity contribution >= 4 is 63.4 Å². The smallest absolute Gasteiger partial charge is 0.326 e. The van der Waals surface area contributed by atoms with Gasteiger partial charge in [0.25, 0.3) is 0 Å². The number of thioether (sulfide) groups is 2. The average Bonchev–Trinajstić information content (AvgIpc) is 3.40. The lowest BCUT2D eigenvalue weighted by molar-refractivity contribution is -0.115. The first-order valence-corrected chi connectivity index (χ1v) is 14.2. The minimum Gasteiger partial charge on any atom is -0.361 e. The Morgan fingerprint density at radius 3 is 2.71 bits per heavy atom. The number of hydrogen-bond donors (Lipinski definition) is 3. The molecule has 0 fully saturated rings. The summed E-state index contributed by atoms with van der Waals surface area (Å²) < 4.78 is 0. The molecule has 190 valence electrons. The number of amides is 3. The van der Waals surface area contributed by atoms with Crippen molar-refractivity contribution in [2.75, 3.05) is 15.5 Å². The molecule has 38 heavy (non-hydrogen) atoms.